The van der Waals surface area contributed by atoms with Gasteiger partial charge in [-0.05, 0) is 12.1 Å². The number of amides is 1. The average Bonchev–Trinajstić information content (AvgIpc) is 2.92. The summed E-state index contributed by atoms with van der Waals surface area (Å²) in [6.07, 6.45) is 3.60. The third-order valence-corrected chi connectivity index (χ3v) is 2.39. The van der Waals surface area contributed by atoms with Crippen LogP contribution in [-0.2, 0) is 6.42 Å². The topological polar surface area (TPSA) is 95.6 Å². The first-order chi connectivity index (χ1) is 8.79. The highest BCUT2D eigenvalue weighted by molar-refractivity contribution is 5.94. The van der Waals surface area contributed by atoms with Gasteiger partial charge < -0.3 is 10.6 Å². The molecule has 2 aromatic rings. The van der Waals surface area contributed by atoms with Crippen LogP contribution in [0, 0.1) is 0 Å². The number of anilines is 1. The molecule has 94 valence electrons. The van der Waals surface area contributed by atoms with Gasteiger partial charge in [-0.25, -0.2) is 9.97 Å². The van der Waals surface area contributed by atoms with Gasteiger partial charge in [0.15, 0.2) is 0 Å². The van der Waals surface area contributed by atoms with E-state index >= 15 is 0 Å². The Morgan fingerprint density at radius 3 is 2.89 bits per heavy atom. The Hall–Kier alpha value is -2.44. The highest BCUT2D eigenvalue weighted by Crippen LogP contribution is 2.03. The first-order valence-corrected chi connectivity index (χ1v) is 5.56. The number of carbonyl (C=O) groups is 1. The van der Waals surface area contributed by atoms with Crippen molar-refractivity contribution in [3.63, 3.8) is 0 Å². The maximum absolute atomic E-state index is 11.8. The predicted octanol–water partition coefficient (Wildman–Crippen LogP) is 0.214. The van der Waals surface area contributed by atoms with Gasteiger partial charge in [-0.1, -0.05) is 0 Å². The molecule has 0 aliphatic heterocycles. The average molecular weight is 246 g/mol. The van der Waals surface area contributed by atoms with Crippen LogP contribution in [0.25, 0.3) is 0 Å². The second kappa shape index (κ2) is 5.76. The van der Waals surface area contributed by atoms with Gasteiger partial charge in [0.1, 0.15) is 18.0 Å². The molecule has 3 N–H and O–H groups in total. The van der Waals surface area contributed by atoms with Crippen LogP contribution in [0.15, 0.2) is 24.7 Å². The molecule has 7 heteroatoms. The standard InChI is InChI=1S/C11H14N6O/c1-12-9-3-2-8(6-14-9)11(18)13-5-4-10-15-7-16-17-10/h2-3,6-7H,4-5H2,1H3,(H,12,14)(H,13,18)(H,15,16,17). The lowest BCUT2D eigenvalue weighted by Gasteiger charge is -2.04. The molecule has 7 nitrogen and oxygen atoms in total. The number of hydrogen-bond acceptors (Lipinski definition) is 5. The van der Waals surface area contributed by atoms with Crippen LogP contribution in [-0.4, -0.2) is 39.7 Å². The molecule has 2 heterocycles. The summed E-state index contributed by atoms with van der Waals surface area (Å²) in [7, 11) is 1.78. The second-order valence-electron chi connectivity index (χ2n) is 3.62. The van der Waals surface area contributed by atoms with Crippen LogP contribution in [0.2, 0.25) is 0 Å². The molecule has 0 aliphatic carbocycles. The van der Waals surface area contributed by atoms with Gasteiger partial charge in [-0.15, -0.1) is 0 Å². The van der Waals surface area contributed by atoms with E-state index in [9.17, 15) is 4.79 Å². The minimum absolute atomic E-state index is 0.148. The Morgan fingerprint density at radius 2 is 2.28 bits per heavy atom. The predicted molar refractivity (Wildman–Crippen MR) is 66.2 cm³/mol. The number of hydrogen-bond donors (Lipinski definition) is 3. The fourth-order valence-electron chi connectivity index (χ4n) is 1.42. The van der Waals surface area contributed by atoms with Crippen LogP contribution in [0.5, 0.6) is 0 Å². The molecule has 0 spiro atoms. The fraction of sp³-hybridized carbons (Fsp3) is 0.273. The minimum Gasteiger partial charge on any atom is -0.373 e. The first kappa shape index (κ1) is 12.0. The Morgan fingerprint density at radius 1 is 1.39 bits per heavy atom. The van der Waals surface area contributed by atoms with Crippen molar-refractivity contribution in [3.05, 3.63) is 36.0 Å². The third-order valence-electron chi connectivity index (χ3n) is 2.39. The van der Waals surface area contributed by atoms with E-state index in [2.05, 4.69) is 30.8 Å². The lowest BCUT2D eigenvalue weighted by molar-refractivity contribution is 0.0953. The zero-order valence-corrected chi connectivity index (χ0v) is 9.97. The van der Waals surface area contributed by atoms with Crippen molar-refractivity contribution >= 4 is 11.7 Å². The summed E-state index contributed by atoms with van der Waals surface area (Å²) in [6, 6.07) is 3.48. The molecule has 0 unspecified atom stereocenters. The summed E-state index contributed by atoms with van der Waals surface area (Å²) >= 11 is 0. The van der Waals surface area contributed by atoms with Gasteiger partial charge in [-0.2, -0.15) is 5.10 Å². The van der Waals surface area contributed by atoms with Crippen molar-refractivity contribution in [2.75, 3.05) is 18.9 Å². The molecule has 1 amide bonds. The number of nitrogens with one attached hydrogen (secondary N) is 3. The van der Waals surface area contributed by atoms with Crippen molar-refractivity contribution in [2.45, 2.75) is 6.42 Å². The second-order valence-corrected chi connectivity index (χ2v) is 3.62. The van der Waals surface area contributed by atoms with E-state index in [0.29, 0.717) is 18.5 Å². The van der Waals surface area contributed by atoms with Crippen LogP contribution >= 0.6 is 0 Å². The van der Waals surface area contributed by atoms with Crippen LogP contribution in [0.1, 0.15) is 16.2 Å². The molecule has 0 aromatic carbocycles. The Bertz CT molecular complexity index is 493. The van der Waals surface area contributed by atoms with Gasteiger partial charge in [-0.3, -0.25) is 9.89 Å². The summed E-state index contributed by atoms with van der Waals surface area (Å²) in [5.41, 5.74) is 0.534. The van der Waals surface area contributed by atoms with Crippen molar-refractivity contribution in [3.8, 4) is 0 Å². The summed E-state index contributed by atoms with van der Waals surface area (Å²) in [6.45, 7) is 0.502. The number of rotatable bonds is 5. The van der Waals surface area contributed by atoms with E-state index < -0.39 is 0 Å². The Kier molecular flexibility index (Phi) is 3.85. The smallest absolute Gasteiger partial charge is 0.252 e. The first-order valence-electron chi connectivity index (χ1n) is 5.56. The Balaban J connectivity index is 1.83. The molecular formula is C11H14N6O. The molecule has 18 heavy (non-hydrogen) atoms. The van der Waals surface area contributed by atoms with Crippen LogP contribution in [0.3, 0.4) is 0 Å². The maximum atomic E-state index is 11.8. The van der Waals surface area contributed by atoms with Gasteiger partial charge in [0, 0.05) is 26.2 Å². The van der Waals surface area contributed by atoms with E-state index in [4.69, 9.17) is 0 Å². The molecule has 0 fully saturated rings. The summed E-state index contributed by atoms with van der Waals surface area (Å²) in [5.74, 6) is 1.33. The van der Waals surface area contributed by atoms with E-state index in [1.807, 2.05) is 0 Å². The third kappa shape index (κ3) is 3.03. The number of aromatic amines is 1. The van der Waals surface area contributed by atoms with E-state index in [-0.39, 0.29) is 5.91 Å². The van der Waals surface area contributed by atoms with E-state index in [0.717, 1.165) is 11.6 Å². The minimum atomic E-state index is -0.148. The van der Waals surface area contributed by atoms with Crippen molar-refractivity contribution in [1.82, 2.24) is 25.5 Å². The van der Waals surface area contributed by atoms with Crippen molar-refractivity contribution in [2.24, 2.45) is 0 Å². The molecule has 2 aromatic heterocycles. The van der Waals surface area contributed by atoms with Crippen molar-refractivity contribution < 1.29 is 4.79 Å². The van der Waals surface area contributed by atoms with E-state index in [1.165, 1.54) is 12.5 Å². The summed E-state index contributed by atoms with van der Waals surface area (Å²) < 4.78 is 0. The molecule has 0 saturated carbocycles. The quantitative estimate of drug-likeness (QED) is 0.701. The van der Waals surface area contributed by atoms with Crippen LogP contribution < -0.4 is 10.6 Å². The normalized spacial score (nSPS) is 10.1. The molecule has 0 saturated heterocycles. The van der Waals surface area contributed by atoms with Gasteiger partial charge in [0.05, 0.1) is 5.56 Å². The summed E-state index contributed by atoms with van der Waals surface area (Å²) in [4.78, 5) is 19.8. The van der Waals surface area contributed by atoms with Gasteiger partial charge >= 0.3 is 0 Å². The lowest BCUT2D eigenvalue weighted by Crippen LogP contribution is -2.26. The zero-order chi connectivity index (χ0) is 12.8. The SMILES string of the molecule is CNc1ccc(C(=O)NCCc2ncn[nH]2)cn1. The monoisotopic (exact) mass is 246 g/mol. The molecule has 0 aliphatic rings. The maximum Gasteiger partial charge on any atom is 0.252 e. The lowest BCUT2D eigenvalue weighted by atomic mass is 10.2. The molecular weight excluding hydrogens is 232 g/mol. The highest BCUT2D eigenvalue weighted by Gasteiger charge is 2.05. The number of nitrogens with zero attached hydrogens (tertiary/aromatic N) is 3. The molecule has 2 rings (SSSR count). The fourth-order valence-corrected chi connectivity index (χ4v) is 1.42. The van der Waals surface area contributed by atoms with E-state index in [1.54, 1.807) is 19.2 Å². The zero-order valence-electron chi connectivity index (χ0n) is 9.97. The summed E-state index contributed by atoms with van der Waals surface area (Å²) in [5, 5.41) is 12.1. The van der Waals surface area contributed by atoms with Gasteiger partial charge in [0.2, 0.25) is 0 Å². The number of carbonyl (C=O) groups excluding carboxylic acids is 1. The number of aromatic nitrogens is 4. The number of pyridine rings is 1. The number of H-pyrrole nitrogens is 1. The molecule has 0 radical (unpaired) electrons. The largest absolute Gasteiger partial charge is 0.373 e. The van der Waals surface area contributed by atoms with Crippen molar-refractivity contribution in [1.29, 1.82) is 0 Å². The Labute approximate surface area is 104 Å². The molecule has 0 bridgehead atoms. The van der Waals surface area contributed by atoms with Gasteiger partial charge in [0.25, 0.3) is 5.91 Å². The van der Waals surface area contributed by atoms with Crippen LogP contribution in [0.4, 0.5) is 5.82 Å². The highest BCUT2D eigenvalue weighted by atomic mass is 16.1. The molecule has 0 atom stereocenters.